The van der Waals surface area contributed by atoms with Crippen LogP contribution in [0.25, 0.3) is 0 Å². The van der Waals surface area contributed by atoms with Crippen molar-refractivity contribution in [3.63, 3.8) is 0 Å². The molecule has 144 valence electrons. The number of benzene rings is 2. The molecule has 0 saturated heterocycles. The number of amides is 1. The summed E-state index contributed by atoms with van der Waals surface area (Å²) in [7, 11) is 3.20. The van der Waals surface area contributed by atoms with Crippen LogP contribution >= 0.6 is 0 Å². The number of hydrogen-bond acceptors (Lipinski definition) is 5. The molecule has 3 aromatic rings. The summed E-state index contributed by atoms with van der Waals surface area (Å²) in [4.78, 5) is 16.8. The summed E-state index contributed by atoms with van der Waals surface area (Å²) < 4.78 is 10.6. The van der Waals surface area contributed by atoms with Gasteiger partial charge in [-0.2, -0.15) is 0 Å². The zero-order valence-corrected chi connectivity index (χ0v) is 16.4. The Morgan fingerprint density at radius 2 is 1.75 bits per heavy atom. The maximum absolute atomic E-state index is 12.5. The Balaban J connectivity index is 1.72. The molecule has 6 heteroatoms. The van der Waals surface area contributed by atoms with Gasteiger partial charge in [0.25, 0.3) is 5.91 Å². The van der Waals surface area contributed by atoms with E-state index >= 15 is 0 Å². The van der Waals surface area contributed by atoms with Crippen molar-refractivity contribution < 1.29 is 14.3 Å². The van der Waals surface area contributed by atoms with E-state index in [2.05, 4.69) is 15.6 Å². The zero-order valence-electron chi connectivity index (χ0n) is 16.4. The van der Waals surface area contributed by atoms with Gasteiger partial charge in [-0.15, -0.1) is 0 Å². The monoisotopic (exact) mass is 377 g/mol. The summed E-state index contributed by atoms with van der Waals surface area (Å²) in [5.74, 6) is 1.75. The lowest BCUT2D eigenvalue weighted by Crippen LogP contribution is -2.12. The maximum atomic E-state index is 12.5. The lowest BCUT2D eigenvalue weighted by Gasteiger charge is -2.12. The van der Waals surface area contributed by atoms with Crippen LogP contribution in [0.3, 0.4) is 0 Å². The second-order valence-electron chi connectivity index (χ2n) is 6.38. The molecule has 28 heavy (non-hydrogen) atoms. The third-order valence-corrected chi connectivity index (χ3v) is 4.46. The van der Waals surface area contributed by atoms with Gasteiger partial charge < -0.3 is 20.1 Å². The summed E-state index contributed by atoms with van der Waals surface area (Å²) in [6, 6.07) is 14.7. The lowest BCUT2D eigenvalue weighted by molar-refractivity contribution is 0.102. The van der Waals surface area contributed by atoms with Gasteiger partial charge >= 0.3 is 0 Å². The van der Waals surface area contributed by atoms with Crippen molar-refractivity contribution in [1.82, 2.24) is 4.98 Å². The minimum atomic E-state index is -0.207. The molecule has 0 aliphatic rings. The van der Waals surface area contributed by atoms with Crippen molar-refractivity contribution in [1.29, 1.82) is 0 Å². The average molecular weight is 377 g/mol. The van der Waals surface area contributed by atoms with Gasteiger partial charge in [-0.1, -0.05) is 6.07 Å². The first-order chi connectivity index (χ1) is 13.5. The molecular formula is C22H23N3O3. The van der Waals surface area contributed by atoms with Crippen molar-refractivity contribution in [2.24, 2.45) is 0 Å². The molecule has 6 nitrogen and oxygen atoms in total. The second-order valence-corrected chi connectivity index (χ2v) is 6.38. The van der Waals surface area contributed by atoms with Crippen LogP contribution in [0, 0.1) is 13.8 Å². The molecule has 2 N–H and O–H groups in total. The molecule has 2 aromatic carbocycles. The number of nitrogens with one attached hydrogen (secondary N) is 2. The van der Waals surface area contributed by atoms with Crippen LogP contribution in [0.2, 0.25) is 0 Å². The van der Waals surface area contributed by atoms with Crippen molar-refractivity contribution in [3.05, 3.63) is 71.4 Å². The summed E-state index contributed by atoms with van der Waals surface area (Å²) in [6.07, 6.45) is 1.53. The fourth-order valence-electron chi connectivity index (χ4n) is 2.67. The van der Waals surface area contributed by atoms with Gasteiger partial charge in [0, 0.05) is 18.0 Å². The number of methoxy groups -OCH3 is 2. The van der Waals surface area contributed by atoms with Crippen molar-refractivity contribution in [2.45, 2.75) is 13.8 Å². The molecule has 0 aliphatic heterocycles. The normalized spacial score (nSPS) is 10.3. The fourth-order valence-corrected chi connectivity index (χ4v) is 2.67. The Morgan fingerprint density at radius 3 is 2.39 bits per heavy atom. The van der Waals surface area contributed by atoms with E-state index in [-0.39, 0.29) is 5.91 Å². The average Bonchev–Trinajstić information content (AvgIpc) is 2.71. The Morgan fingerprint density at radius 1 is 0.929 bits per heavy atom. The van der Waals surface area contributed by atoms with Gasteiger partial charge in [-0.3, -0.25) is 4.79 Å². The van der Waals surface area contributed by atoms with Crippen LogP contribution in [0.1, 0.15) is 21.5 Å². The van der Waals surface area contributed by atoms with E-state index in [4.69, 9.17) is 9.47 Å². The summed E-state index contributed by atoms with van der Waals surface area (Å²) >= 11 is 0. The van der Waals surface area contributed by atoms with E-state index in [0.29, 0.717) is 22.9 Å². The van der Waals surface area contributed by atoms with Gasteiger partial charge in [-0.05, 0) is 61.4 Å². The number of carbonyl (C=O) groups is 1. The van der Waals surface area contributed by atoms with Crippen molar-refractivity contribution in [2.75, 3.05) is 24.9 Å². The van der Waals surface area contributed by atoms with Crippen LogP contribution in [-0.2, 0) is 0 Å². The van der Waals surface area contributed by atoms with E-state index in [0.717, 1.165) is 16.9 Å². The van der Waals surface area contributed by atoms with Crippen LogP contribution in [0.4, 0.5) is 17.2 Å². The number of nitrogens with zero attached hydrogens (tertiary/aromatic N) is 1. The van der Waals surface area contributed by atoms with Gasteiger partial charge in [0.2, 0.25) is 0 Å². The topological polar surface area (TPSA) is 72.5 Å². The highest BCUT2D eigenvalue weighted by Crippen LogP contribution is 2.31. The molecule has 1 aromatic heterocycles. The number of ether oxygens (including phenoxy) is 2. The van der Waals surface area contributed by atoms with Crippen LogP contribution in [0.5, 0.6) is 11.5 Å². The standard InChI is InChI=1S/C22H23N3O3/c1-14-5-7-17(11-15(14)2)24-22(26)16-6-10-21(23-13-16)25-19-12-18(27-3)8-9-20(19)28-4/h5-13H,1-4H3,(H,23,25)(H,24,26). The third-order valence-electron chi connectivity index (χ3n) is 4.46. The molecule has 0 bridgehead atoms. The molecule has 0 fully saturated rings. The number of aryl methyl sites for hydroxylation is 2. The zero-order chi connectivity index (χ0) is 20.1. The lowest BCUT2D eigenvalue weighted by atomic mass is 10.1. The Kier molecular flexibility index (Phi) is 5.79. The molecule has 0 spiro atoms. The number of pyridine rings is 1. The van der Waals surface area contributed by atoms with Crippen LogP contribution in [0.15, 0.2) is 54.7 Å². The highest BCUT2D eigenvalue weighted by Gasteiger charge is 2.09. The van der Waals surface area contributed by atoms with E-state index < -0.39 is 0 Å². The highest BCUT2D eigenvalue weighted by molar-refractivity contribution is 6.04. The number of anilines is 3. The molecule has 0 radical (unpaired) electrons. The number of aromatic nitrogens is 1. The predicted molar refractivity (Wildman–Crippen MR) is 111 cm³/mol. The quantitative estimate of drug-likeness (QED) is 0.651. The van der Waals surface area contributed by atoms with E-state index in [9.17, 15) is 4.79 Å². The SMILES string of the molecule is COc1ccc(OC)c(Nc2ccc(C(=O)Nc3ccc(C)c(C)c3)cn2)c1. The van der Waals surface area contributed by atoms with Crippen molar-refractivity contribution in [3.8, 4) is 11.5 Å². The van der Waals surface area contributed by atoms with Gasteiger partial charge in [0.05, 0.1) is 25.5 Å². The first-order valence-electron chi connectivity index (χ1n) is 8.84. The van der Waals surface area contributed by atoms with Crippen molar-refractivity contribution >= 4 is 23.1 Å². The molecule has 0 atom stereocenters. The molecule has 0 saturated carbocycles. The van der Waals surface area contributed by atoms with Crippen LogP contribution in [-0.4, -0.2) is 25.1 Å². The molecular weight excluding hydrogens is 354 g/mol. The molecule has 1 heterocycles. The Hall–Kier alpha value is -3.54. The largest absolute Gasteiger partial charge is 0.497 e. The Bertz CT molecular complexity index is 985. The molecule has 0 unspecified atom stereocenters. The van der Waals surface area contributed by atoms with Gasteiger partial charge in [0.15, 0.2) is 0 Å². The number of rotatable bonds is 6. The van der Waals surface area contributed by atoms with E-state index in [1.165, 1.54) is 11.8 Å². The highest BCUT2D eigenvalue weighted by atomic mass is 16.5. The second kappa shape index (κ2) is 8.43. The third kappa shape index (κ3) is 4.40. The maximum Gasteiger partial charge on any atom is 0.257 e. The summed E-state index contributed by atoms with van der Waals surface area (Å²) in [6.45, 7) is 4.05. The summed E-state index contributed by atoms with van der Waals surface area (Å²) in [5, 5.41) is 6.07. The minimum Gasteiger partial charge on any atom is -0.497 e. The molecule has 1 amide bonds. The number of carbonyl (C=O) groups excluding carboxylic acids is 1. The fraction of sp³-hybridized carbons (Fsp3) is 0.182. The van der Waals surface area contributed by atoms with Crippen LogP contribution < -0.4 is 20.1 Å². The van der Waals surface area contributed by atoms with E-state index in [1.54, 1.807) is 26.4 Å². The van der Waals surface area contributed by atoms with E-state index in [1.807, 2.05) is 50.2 Å². The number of hydrogen-bond donors (Lipinski definition) is 2. The molecule has 3 rings (SSSR count). The van der Waals surface area contributed by atoms with Gasteiger partial charge in [-0.25, -0.2) is 4.98 Å². The molecule has 0 aliphatic carbocycles. The smallest absolute Gasteiger partial charge is 0.257 e. The first kappa shape index (κ1) is 19.2. The summed E-state index contributed by atoms with van der Waals surface area (Å²) in [5.41, 5.74) is 4.27. The predicted octanol–water partition coefficient (Wildman–Crippen LogP) is 4.71. The first-order valence-corrected chi connectivity index (χ1v) is 8.84. The minimum absolute atomic E-state index is 0.207. The van der Waals surface area contributed by atoms with Gasteiger partial charge in [0.1, 0.15) is 17.3 Å². The Labute approximate surface area is 164 Å².